The highest BCUT2D eigenvalue weighted by Crippen LogP contribution is 2.58. The van der Waals surface area contributed by atoms with E-state index in [1.54, 1.807) is 0 Å². The molecule has 0 spiro atoms. The Morgan fingerprint density at radius 1 is 1.37 bits per heavy atom. The van der Waals surface area contributed by atoms with Crippen LogP contribution >= 0.6 is 0 Å². The van der Waals surface area contributed by atoms with Gasteiger partial charge >= 0.3 is 11.9 Å². The smallest absolute Gasteiger partial charge is 0.309 e. The molecule has 0 saturated heterocycles. The standard InChI is InChI=1S/C13H18O6/c1-12-5-4-6(13(2,18)11(12)17)7(10(16)19-3)8(12)9(14)15/h6-8,18H,4-5H2,1-3H3,(H,14,15). The molecule has 3 rings (SSSR count). The van der Waals surface area contributed by atoms with E-state index < -0.39 is 46.5 Å². The topological polar surface area (TPSA) is 101 Å². The van der Waals surface area contributed by atoms with Crippen molar-refractivity contribution in [2.45, 2.75) is 32.3 Å². The maximum atomic E-state index is 12.3. The SMILES string of the molecule is COC(=O)C1C2CCC(C)(C(=O)C2(C)O)C1C(=O)O. The third-order valence-electron chi connectivity index (χ3n) is 4.89. The molecule has 3 aliphatic carbocycles. The van der Waals surface area contributed by atoms with Crippen LogP contribution in [-0.4, -0.2) is 40.6 Å². The minimum absolute atomic E-state index is 0.372. The molecule has 5 atom stereocenters. The Balaban J connectivity index is 2.57. The van der Waals surface area contributed by atoms with Crippen LogP contribution in [0.15, 0.2) is 0 Å². The van der Waals surface area contributed by atoms with Crippen molar-refractivity contribution < 1.29 is 29.3 Å². The summed E-state index contributed by atoms with van der Waals surface area (Å²) in [7, 11) is 1.18. The molecule has 3 fully saturated rings. The van der Waals surface area contributed by atoms with Gasteiger partial charge in [-0.3, -0.25) is 14.4 Å². The van der Waals surface area contributed by atoms with E-state index in [1.807, 2.05) is 0 Å². The second-order valence-electron chi connectivity index (χ2n) is 5.90. The average Bonchev–Trinajstić information content (AvgIpc) is 2.33. The number of Topliss-reactive ketones (excluding diaryl/α,β-unsaturated/α-hetero) is 1. The molecule has 0 heterocycles. The fraction of sp³-hybridized carbons (Fsp3) is 0.769. The number of esters is 1. The zero-order valence-electron chi connectivity index (χ0n) is 11.2. The summed E-state index contributed by atoms with van der Waals surface area (Å²) in [5.41, 5.74) is -2.89. The molecule has 19 heavy (non-hydrogen) atoms. The van der Waals surface area contributed by atoms with E-state index >= 15 is 0 Å². The van der Waals surface area contributed by atoms with E-state index in [-0.39, 0.29) is 0 Å². The lowest BCUT2D eigenvalue weighted by Crippen LogP contribution is -2.68. The minimum Gasteiger partial charge on any atom is -0.481 e. The first-order valence-electron chi connectivity index (χ1n) is 6.26. The highest BCUT2D eigenvalue weighted by atomic mass is 16.5. The molecule has 6 heteroatoms. The zero-order valence-corrected chi connectivity index (χ0v) is 11.2. The van der Waals surface area contributed by atoms with Gasteiger partial charge in [-0.15, -0.1) is 0 Å². The summed E-state index contributed by atoms with van der Waals surface area (Å²) in [5.74, 6) is -5.15. The summed E-state index contributed by atoms with van der Waals surface area (Å²) in [6.07, 6.45) is 0.815. The van der Waals surface area contributed by atoms with Crippen LogP contribution < -0.4 is 0 Å². The van der Waals surface area contributed by atoms with Crippen molar-refractivity contribution in [3.63, 3.8) is 0 Å². The van der Waals surface area contributed by atoms with Crippen LogP contribution in [0.1, 0.15) is 26.7 Å². The number of methoxy groups -OCH3 is 1. The predicted molar refractivity (Wildman–Crippen MR) is 63.1 cm³/mol. The molecule has 0 radical (unpaired) electrons. The molecule has 2 bridgehead atoms. The quantitative estimate of drug-likeness (QED) is 0.696. The Labute approximate surface area is 110 Å². The number of ether oxygens (including phenoxy) is 1. The summed E-state index contributed by atoms with van der Waals surface area (Å²) >= 11 is 0. The van der Waals surface area contributed by atoms with Crippen molar-refractivity contribution in [2.24, 2.45) is 23.2 Å². The summed E-state index contributed by atoms with van der Waals surface area (Å²) in [5, 5.41) is 19.7. The molecule has 6 nitrogen and oxygen atoms in total. The van der Waals surface area contributed by atoms with Gasteiger partial charge in [0.25, 0.3) is 0 Å². The van der Waals surface area contributed by atoms with Crippen molar-refractivity contribution >= 4 is 17.7 Å². The van der Waals surface area contributed by atoms with E-state index in [2.05, 4.69) is 4.74 Å². The van der Waals surface area contributed by atoms with Gasteiger partial charge in [0.05, 0.1) is 18.9 Å². The first kappa shape index (κ1) is 14.0. The summed E-state index contributed by atoms with van der Waals surface area (Å²) < 4.78 is 4.67. The lowest BCUT2D eigenvalue weighted by Gasteiger charge is -2.56. The Morgan fingerprint density at radius 2 is 1.95 bits per heavy atom. The second kappa shape index (κ2) is 4.03. The Morgan fingerprint density at radius 3 is 2.42 bits per heavy atom. The number of fused-ring (bicyclic) bond motifs is 3. The van der Waals surface area contributed by atoms with Crippen molar-refractivity contribution in [1.82, 2.24) is 0 Å². The predicted octanol–water partition coefficient (Wildman–Crippen LogP) is 0.226. The van der Waals surface area contributed by atoms with Crippen LogP contribution in [0.3, 0.4) is 0 Å². The number of aliphatic hydroxyl groups is 1. The lowest BCUT2D eigenvalue weighted by atomic mass is 9.46. The van der Waals surface area contributed by atoms with E-state index in [0.29, 0.717) is 12.8 Å². The lowest BCUT2D eigenvalue weighted by molar-refractivity contribution is -0.204. The largest absolute Gasteiger partial charge is 0.481 e. The Bertz CT molecular complexity index is 454. The van der Waals surface area contributed by atoms with Crippen molar-refractivity contribution in [1.29, 1.82) is 0 Å². The Kier molecular flexibility index (Phi) is 2.97. The molecular weight excluding hydrogens is 252 g/mol. The van der Waals surface area contributed by atoms with Crippen LogP contribution in [0.25, 0.3) is 0 Å². The highest BCUT2D eigenvalue weighted by molar-refractivity contribution is 6.00. The number of carbonyl (C=O) groups is 3. The molecule has 0 amide bonds. The van der Waals surface area contributed by atoms with Crippen molar-refractivity contribution in [2.75, 3.05) is 7.11 Å². The molecule has 0 aliphatic heterocycles. The van der Waals surface area contributed by atoms with Crippen LogP contribution in [0.4, 0.5) is 0 Å². The summed E-state index contributed by atoms with van der Waals surface area (Å²) in [4.78, 5) is 35.7. The number of aliphatic carboxylic acids is 1. The van der Waals surface area contributed by atoms with Crippen LogP contribution in [0.5, 0.6) is 0 Å². The van der Waals surface area contributed by atoms with Gasteiger partial charge in [-0.05, 0) is 19.8 Å². The molecule has 3 saturated carbocycles. The van der Waals surface area contributed by atoms with Gasteiger partial charge in [0.2, 0.25) is 0 Å². The van der Waals surface area contributed by atoms with Crippen LogP contribution in [-0.2, 0) is 19.1 Å². The number of carboxylic acid groups (broad SMARTS) is 1. The van der Waals surface area contributed by atoms with Gasteiger partial charge in [0.15, 0.2) is 5.78 Å². The number of rotatable bonds is 2. The monoisotopic (exact) mass is 270 g/mol. The molecule has 5 unspecified atom stereocenters. The van der Waals surface area contributed by atoms with Gasteiger partial charge in [-0.2, -0.15) is 0 Å². The number of carbonyl (C=O) groups excluding carboxylic acids is 2. The first-order valence-corrected chi connectivity index (χ1v) is 6.26. The van der Waals surface area contributed by atoms with Crippen LogP contribution in [0.2, 0.25) is 0 Å². The molecule has 2 N–H and O–H groups in total. The molecule has 3 aliphatic rings. The minimum atomic E-state index is -1.67. The number of ketones is 1. The Hall–Kier alpha value is -1.43. The van der Waals surface area contributed by atoms with E-state index in [1.165, 1.54) is 21.0 Å². The van der Waals surface area contributed by atoms with Gasteiger partial charge in [-0.25, -0.2) is 0 Å². The molecule has 0 aromatic heterocycles. The maximum absolute atomic E-state index is 12.3. The number of carboxylic acids is 1. The molecule has 0 aromatic rings. The van der Waals surface area contributed by atoms with E-state index in [4.69, 9.17) is 0 Å². The van der Waals surface area contributed by atoms with Crippen molar-refractivity contribution in [3.8, 4) is 0 Å². The average molecular weight is 270 g/mol. The number of hydrogen-bond acceptors (Lipinski definition) is 5. The molecule has 106 valence electrons. The van der Waals surface area contributed by atoms with E-state index in [0.717, 1.165) is 0 Å². The third-order valence-corrected chi connectivity index (χ3v) is 4.89. The molecule has 0 aromatic carbocycles. The number of hydrogen-bond donors (Lipinski definition) is 2. The molecular formula is C13H18O6. The van der Waals surface area contributed by atoms with Crippen LogP contribution in [0, 0.1) is 23.2 Å². The summed E-state index contributed by atoms with van der Waals surface area (Å²) in [6, 6.07) is 0. The van der Waals surface area contributed by atoms with Gasteiger partial charge in [-0.1, -0.05) is 6.92 Å². The fourth-order valence-corrected chi connectivity index (χ4v) is 3.91. The normalized spacial score (nSPS) is 45.1. The van der Waals surface area contributed by atoms with E-state index in [9.17, 15) is 24.6 Å². The zero-order chi connectivity index (χ0) is 14.6. The van der Waals surface area contributed by atoms with Gasteiger partial charge in [0, 0.05) is 11.3 Å². The fourth-order valence-electron chi connectivity index (χ4n) is 3.91. The van der Waals surface area contributed by atoms with Gasteiger partial charge < -0.3 is 14.9 Å². The van der Waals surface area contributed by atoms with Crippen molar-refractivity contribution in [3.05, 3.63) is 0 Å². The second-order valence-corrected chi connectivity index (χ2v) is 5.90. The summed E-state index contributed by atoms with van der Waals surface area (Å²) in [6.45, 7) is 2.89. The first-order chi connectivity index (χ1) is 8.67. The highest BCUT2D eigenvalue weighted by Gasteiger charge is 2.69. The van der Waals surface area contributed by atoms with Gasteiger partial charge in [0.1, 0.15) is 5.60 Å². The third kappa shape index (κ3) is 1.62. The maximum Gasteiger partial charge on any atom is 0.309 e.